The molecule has 1 aromatic rings. The fourth-order valence-electron chi connectivity index (χ4n) is 5.71. The molecule has 4 rings (SSSR count). The van der Waals surface area contributed by atoms with E-state index in [9.17, 15) is 0 Å². The summed E-state index contributed by atoms with van der Waals surface area (Å²) in [5, 5.41) is 39.1. The Morgan fingerprint density at radius 3 is 1.38 bits per heavy atom. The van der Waals surface area contributed by atoms with E-state index >= 15 is 0 Å². The first kappa shape index (κ1) is 47.3. The van der Waals surface area contributed by atoms with E-state index < -0.39 is 0 Å². The van der Waals surface area contributed by atoms with Gasteiger partial charge >= 0.3 is 0 Å². The molecule has 0 radical (unpaired) electrons. The van der Waals surface area contributed by atoms with Gasteiger partial charge in [0.25, 0.3) is 0 Å². The van der Waals surface area contributed by atoms with Gasteiger partial charge in [0.2, 0.25) is 0 Å². The van der Waals surface area contributed by atoms with E-state index in [2.05, 4.69) is 63.3 Å². The third-order valence-corrected chi connectivity index (χ3v) is 9.07. The van der Waals surface area contributed by atoms with Crippen LogP contribution < -0.4 is 53.2 Å². The molecule has 0 aliphatic carbocycles. The molecule has 20 heteroatoms. The van der Waals surface area contributed by atoms with Gasteiger partial charge in [-0.2, -0.15) is 4.99 Å². The van der Waals surface area contributed by atoms with Gasteiger partial charge in [-0.15, -0.1) is 0 Å². The lowest BCUT2D eigenvalue weighted by molar-refractivity contribution is -0.0149. The topological polar surface area (TPSA) is 188 Å². The smallest absolute Gasteiger partial charge is 0.171 e. The number of anilines is 1. The standard InChI is InChI=1S/C35H63N11O6S3/c1-47-12-13-48-14-15-49-16-17-50-18-19-51-20-21-52-28-42-32(54)45-34-22-36-6-9-39-25-35(26-40-10-7-37-23-34,27-41-11-8-38-24-34)46-33(55)44-31-4-2-30(3-5-31)43-29-53/h2-5,36-41H,6-28H2,1H3,(H2,42,45,54)(H2,44,46,55). The highest BCUT2D eigenvalue weighted by Crippen LogP contribution is 2.16. The van der Waals surface area contributed by atoms with Gasteiger partial charge in [-0.25, -0.2) is 0 Å². The number of nitrogens with one attached hydrogen (secondary N) is 10. The second-order valence-corrected chi connectivity index (χ2v) is 14.1. The molecule has 10 N–H and O–H groups in total. The Kier molecular flexibility index (Phi) is 25.9. The Labute approximate surface area is 342 Å². The van der Waals surface area contributed by atoms with E-state index in [1.54, 1.807) is 7.11 Å². The second kappa shape index (κ2) is 30.1. The van der Waals surface area contributed by atoms with Crippen LogP contribution in [0.15, 0.2) is 29.3 Å². The van der Waals surface area contributed by atoms with Crippen molar-refractivity contribution in [2.45, 2.75) is 11.1 Å². The van der Waals surface area contributed by atoms with Gasteiger partial charge in [0.05, 0.1) is 88.0 Å². The highest BCUT2D eigenvalue weighted by molar-refractivity contribution is 7.80. The quantitative estimate of drug-likeness (QED) is 0.0311. The van der Waals surface area contributed by atoms with Crippen molar-refractivity contribution >= 4 is 63.4 Å². The summed E-state index contributed by atoms with van der Waals surface area (Å²) in [5.74, 6) is 0. The maximum Gasteiger partial charge on any atom is 0.171 e. The van der Waals surface area contributed by atoms with Crippen molar-refractivity contribution in [3.05, 3.63) is 24.3 Å². The molecule has 3 aliphatic heterocycles. The van der Waals surface area contributed by atoms with Gasteiger partial charge < -0.3 is 81.6 Å². The zero-order chi connectivity index (χ0) is 39.1. The maximum absolute atomic E-state index is 5.80. The van der Waals surface area contributed by atoms with Crippen LogP contribution in [0.25, 0.3) is 0 Å². The van der Waals surface area contributed by atoms with E-state index in [4.69, 9.17) is 65.1 Å². The first-order valence-electron chi connectivity index (χ1n) is 18.9. The molecular formula is C35H63N11O6S3. The van der Waals surface area contributed by atoms with Gasteiger partial charge in [-0.1, -0.05) is 0 Å². The van der Waals surface area contributed by atoms with Crippen LogP contribution in [0.3, 0.4) is 0 Å². The maximum atomic E-state index is 5.80. The first-order valence-corrected chi connectivity index (χ1v) is 20.2. The lowest BCUT2D eigenvalue weighted by atomic mass is 9.97. The predicted octanol–water partition coefficient (Wildman–Crippen LogP) is -1.10. The summed E-state index contributed by atoms with van der Waals surface area (Å²) >= 11 is 16.2. The minimum absolute atomic E-state index is 0.269. The number of hydrogen-bond donors (Lipinski definition) is 10. The number of thiocarbonyl (C=S) groups is 3. The fourth-order valence-corrected chi connectivity index (χ4v) is 6.42. The Hall–Kier alpha value is -2.08. The van der Waals surface area contributed by atoms with E-state index in [1.165, 1.54) is 0 Å². The summed E-state index contributed by atoms with van der Waals surface area (Å²) in [6.45, 7) is 14.2. The van der Waals surface area contributed by atoms with E-state index in [0.29, 0.717) is 116 Å². The number of ether oxygens (including phenoxy) is 6. The summed E-state index contributed by atoms with van der Waals surface area (Å²) in [5.41, 5.74) is 0.833. The number of nitrogens with zero attached hydrogens (tertiary/aromatic N) is 1. The first-order chi connectivity index (χ1) is 27.0. The minimum Gasteiger partial charge on any atom is -0.382 e. The second-order valence-electron chi connectivity index (χ2n) is 13.1. The molecule has 3 aliphatic rings. The zero-order valence-electron chi connectivity index (χ0n) is 32.2. The lowest BCUT2D eigenvalue weighted by Crippen LogP contribution is -2.69. The molecule has 17 nitrogen and oxygen atoms in total. The largest absolute Gasteiger partial charge is 0.382 e. The molecule has 3 heterocycles. The predicted molar refractivity (Wildman–Crippen MR) is 228 cm³/mol. The fraction of sp³-hybridized carbons (Fsp3) is 0.743. The molecule has 3 saturated heterocycles. The molecule has 3 fully saturated rings. The summed E-state index contributed by atoms with van der Waals surface area (Å²) in [7, 11) is 1.65. The van der Waals surface area contributed by atoms with Crippen LogP contribution in [-0.2, 0) is 28.4 Å². The summed E-state index contributed by atoms with van der Waals surface area (Å²) < 4.78 is 32.6. The van der Waals surface area contributed by atoms with Gasteiger partial charge in [0.15, 0.2) is 10.2 Å². The molecule has 55 heavy (non-hydrogen) atoms. The number of isothiocyanates is 1. The van der Waals surface area contributed by atoms with Crippen molar-refractivity contribution in [2.75, 3.05) is 164 Å². The molecule has 312 valence electrons. The van der Waals surface area contributed by atoms with Crippen LogP contribution in [-0.4, -0.2) is 185 Å². The Bertz CT molecular complexity index is 1190. The normalized spacial score (nSPS) is 21.4. The monoisotopic (exact) mass is 829 g/mol. The summed E-state index contributed by atoms with van der Waals surface area (Å²) in [6, 6.07) is 7.58. The molecule has 2 bridgehead atoms. The highest BCUT2D eigenvalue weighted by atomic mass is 32.1. The van der Waals surface area contributed by atoms with E-state index in [-0.39, 0.29) is 17.8 Å². The van der Waals surface area contributed by atoms with Crippen LogP contribution in [0.4, 0.5) is 11.4 Å². The number of benzene rings is 1. The average molecular weight is 830 g/mol. The van der Waals surface area contributed by atoms with Gasteiger partial charge in [-0.3, -0.25) is 0 Å². The summed E-state index contributed by atoms with van der Waals surface area (Å²) in [4.78, 5) is 4.02. The van der Waals surface area contributed by atoms with Crippen molar-refractivity contribution in [1.82, 2.24) is 47.9 Å². The molecule has 0 unspecified atom stereocenters. The Morgan fingerprint density at radius 1 is 0.600 bits per heavy atom. The Balaban J connectivity index is 1.38. The number of rotatable bonds is 21. The number of fused-ring (bicyclic) bond motifs is 15. The van der Waals surface area contributed by atoms with Crippen LogP contribution in [0.5, 0.6) is 0 Å². The third-order valence-electron chi connectivity index (χ3n) is 8.53. The van der Waals surface area contributed by atoms with Crippen LogP contribution in [0, 0.1) is 0 Å². The zero-order valence-corrected chi connectivity index (χ0v) is 34.6. The van der Waals surface area contributed by atoms with Crippen molar-refractivity contribution in [1.29, 1.82) is 0 Å². The van der Waals surface area contributed by atoms with E-state index in [0.717, 1.165) is 50.6 Å². The van der Waals surface area contributed by atoms with Gasteiger partial charge in [-0.05, 0) is 60.9 Å². The van der Waals surface area contributed by atoms with Crippen LogP contribution >= 0.6 is 36.7 Å². The van der Waals surface area contributed by atoms with Crippen molar-refractivity contribution in [3.63, 3.8) is 0 Å². The lowest BCUT2D eigenvalue weighted by Gasteiger charge is -2.39. The van der Waals surface area contributed by atoms with Crippen molar-refractivity contribution in [3.8, 4) is 0 Å². The molecule has 0 atom stereocenters. The SMILES string of the molecule is COCCOCCOCCOCCOCCOCNC(=S)NC12CNCCNCC(NC(=S)Nc3ccc(N=C=S)cc3)(CNCCNC1)CNCCNC2. The van der Waals surface area contributed by atoms with Crippen molar-refractivity contribution < 1.29 is 28.4 Å². The minimum atomic E-state index is -0.387. The molecule has 0 spiro atoms. The van der Waals surface area contributed by atoms with Crippen LogP contribution in [0.1, 0.15) is 0 Å². The Morgan fingerprint density at radius 2 is 0.982 bits per heavy atom. The molecular weight excluding hydrogens is 767 g/mol. The number of hydrogen-bond acceptors (Lipinski definition) is 16. The van der Waals surface area contributed by atoms with Gasteiger partial charge in [0, 0.05) is 91.3 Å². The van der Waals surface area contributed by atoms with E-state index in [1.807, 2.05) is 24.3 Å². The van der Waals surface area contributed by atoms with Gasteiger partial charge in [0.1, 0.15) is 6.73 Å². The molecule has 0 saturated carbocycles. The van der Waals surface area contributed by atoms with Crippen molar-refractivity contribution in [2.24, 2.45) is 4.99 Å². The third kappa shape index (κ3) is 21.9. The van der Waals surface area contributed by atoms with Crippen LogP contribution in [0.2, 0.25) is 0 Å². The summed E-state index contributed by atoms with van der Waals surface area (Å²) in [6.07, 6.45) is 0. The average Bonchev–Trinajstić information content (AvgIpc) is 3.17. The number of aliphatic imine (C=N–C) groups is 1. The number of methoxy groups -OCH3 is 1. The molecule has 0 amide bonds. The molecule has 0 aromatic heterocycles. The molecule has 1 aromatic carbocycles. The highest BCUT2D eigenvalue weighted by Gasteiger charge is 2.33.